The van der Waals surface area contributed by atoms with Crippen LogP contribution in [0.15, 0.2) is 12.3 Å². The number of aromatic nitrogens is 2. The molecule has 1 saturated heterocycles. The smallest absolute Gasteiger partial charge is 0.131 e. The van der Waals surface area contributed by atoms with Crippen LogP contribution in [0.2, 0.25) is 0 Å². The predicted molar refractivity (Wildman–Crippen MR) is 81.5 cm³/mol. The van der Waals surface area contributed by atoms with Crippen LogP contribution in [0, 0.1) is 11.3 Å². The van der Waals surface area contributed by atoms with E-state index in [1.54, 1.807) is 0 Å². The molecule has 1 saturated carbocycles. The van der Waals surface area contributed by atoms with E-state index in [1.807, 2.05) is 6.20 Å². The van der Waals surface area contributed by atoms with Gasteiger partial charge in [-0.1, -0.05) is 20.8 Å². The molecule has 3 rings (SSSR count). The molecule has 0 unspecified atom stereocenters. The van der Waals surface area contributed by atoms with Gasteiger partial charge in [0, 0.05) is 18.7 Å². The summed E-state index contributed by atoms with van der Waals surface area (Å²) in [7, 11) is 0. The van der Waals surface area contributed by atoms with Crippen molar-refractivity contribution in [2.45, 2.75) is 58.9 Å². The third-order valence-corrected chi connectivity index (χ3v) is 4.87. The molecular formula is C17H27N3. The van der Waals surface area contributed by atoms with Gasteiger partial charge in [-0.3, -0.25) is 4.90 Å². The Bertz CT molecular complexity index is 452. The van der Waals surface area contributed by atoms with Gasteiger partial charge < -0.3 is 0 Å². The highest BCUT2D eigenvalue weighted by atomic mass is 15.1. The second kappa shape index (κ2) is 5.44. The zero-order valence-electron chi connectivity index (χ0n) is 13.1. The quantitative estimate of drug-likeness (QED) is 0.842. The lowest BCUT2D eigenvalue weighted by Crippen LogP contribution is -2.37. The van der Waals surface area contributed by atoms with E-state index in [1.165, 1.54) is 44.5 Å². The lowest BCUT2D eigenvalue weighted by atomic mass is 9.75. The van der Waals surface area contributed by atoms with E-state index in [0.717, 1.165) is 18.3 Å². The summed E-state index contributed by atoms with van der Waals surface area (Å²) in [6.45, 7) is 10.5. The second-order valence-electron chi connectivity index (χ2n) is 7.60. The summed E-state index contributed by atoms with van der Waals surface area (Å²) in [4.78, 5) is 11.7. The third-order valence-electron chi connectivity index (χ3n) is 4.87. The monoisotopic (exact) mass is 273 g/mol. The Morgan fingerprint density at radius 3 is 2.45 bits per heavy atom. The zero-order chi connectivity index (χ0) is 14.2. The van der Waals surface area contributed by atoms with Crippen LogP contribution in [-0.4, -0.2) is 28.0 Å². The topological polar surface area (TPSA) is 29.0 Å². The van der Waals surface area contributed by atoms with Gasteiger partial charge in [0.1, 0.15) is 5.82 Å². The van der Waals surface area contributed by atoms with Gasteiger partial charge in [-0.2, -0.15) is 0 Å². The van der Waals surface area contributed by atoms with Crippen molar-refractivity contribution in [1.82, 2.24) is 14.9 Å². The molecule has 2 aliphatic rings. The van der Waals surface area contributed by atoms with Gasteiger partial charge in [-0.15, -0.1) is 0 Å². The second-order valence-corrected chi connectivity index (χ2v) is 7.60. The molecule has 3 nitrogen and oxygen atoms in total. The fourth-order valence-electron chi connectivity index (χ4n) is 3.23. The van der Waals surface area contributed by atoms with Gasteiger partial charge in [0.05, 0.1) is 5.69 Å². The number of piperidine rings is 1. The number of likely N-dealkylation sites (tertiary alicyclic amines) is 1. The van der Waals surface area contributed by atoms with Gasteiger partial charge in [-0.25, -0.2) is 9.97 Å². The molecule has 0 spiro atoms. The average molecular weight is 273 g/mol. The maximum atomic E-state index is 4.74. The van der Waals surface area contributed by atoms with Crippen LogP contribution in [0.3, 0.4) is 0 Å². The van der Waals surface area contributed by atoms with E-state index < -0.39 is 0 Å². The van der Waals surface area contributed by atoms with E-state index in [9.17, 15) is 0 Å². The maximum absolute atomic E-state index is 4.74. The summed E-state index contributed by atoms with van der Waals surface area (Å²) < 4.78 is 0. The normalized spacial score (nSPS) is 22.1. The lowest BCUT2D eigenvalue weighted by molar-refractivity contribution is 0.107. The molecule has 0 amide bonds. The van der Waals surface area contributed by atoms with Crippen molar-refractivity contribution in [2.75, 3.05) is 13.1 Å². The highest BCUT2D eigenvalue weighted by molar-refractivity contribution is 5.10. The maximum Gasteiger partial charge on any atom is 0.131 e. The first-order valence-corrected chi connectivity index (χ1v) is 8.06. The van der Waals surface area contributed by atoms with Crippen LogP contribution >= 0.6 is 0 Å². The Balaban J connectivity index is 1.55. The molecule has 0 aromatic carbocycles. The van der Waals surface area contributed by atoms with E-state index in [2.05, 4.69) is 36.7 Å². The van der Waals surface area contributed by atoms with E-state index >= 15 is 0 Å². The summed E-state index contributed by atoms with van der Waals surface area (Å²) in [5.41, 5.74) is 1.66. The third kappa shape index (κ3) is 3.38. The number of rotatable bonds is 3. The fraction of sp³-hybridized carbons (Fsp3) is 0.765. The molecule has 110 valence electrons. The Morgan fingerprint density at radius 1 is 1.15 bits per heavy atom. The standard InChI is InChI=1S/C17H27N3/c1-17(2,3)14-7-10-20(11-8-14)12-15-6-9-18-16(19-15)13-4-5-13/h6,9,13-14H,4-5,7-8,10-12H2,1-3H3. The van der Waals surface area contributed by atoms with Crippen molar-refractivity contribution in [3.8, 4) is 0 Å². The lowest BCUT2D eigenvalue weighted by Gasteiger charge is -2.38. The predicted octanol–water partition coefficient (Wildman–Crippen LogP) is 3.61. The summed E-state index contributed by atoms with van der Waals surface area (Å²) >= 11 is 0. The minimum Gasteiger partial charge on any atom is -0.297 e. The van der Waals surface area contributed by atoms with Gasteiger partial charge in [0.25, 0.3) is 0 Å². The van der Waals surface area contributed by atoms with E-state index in [0.29, 0.717) is 11.3 Å². The first-order valence-electron chi connectivity index (χ1n) is 8.06. The van der Waals surface area contributed by atoms with Gasteiger partial charge in [0.2, 0.25) is 0 Å². The van der Waals surface area contributed by atoms with Crippen molar-refractivity contribution in [3.05, 3.63) is 23.8 Å². The van der Waals surface area contributed by atoms with Crippen LogP contribution < -0.4 is 0 Å². The van der Waals surface area contributed by atoms with Crippen LogP contribution in [0.1, 0.15) is 63.9 Å². The molecule has 0 bridgehead atoms. The molecule has 1 aliphatic heterocycles. The summed E-state index contributed by atoms with van der Waals surface area (Å²) in [5.74, 6) is 2.60. The van der Waals surface area contributed by atoms with Crippen molar-refractivity contribution >= 4 is 0 Å². The summed E-state index contributed by atoms with van der Waals surface area (Å²) in [5, 5.41) is 0. The Kier molecular flexibility index (Phi) is 3.80. The molecule has 3 heteroatoms. The summed E-state index contributed by atoms with van der Waals surface area (Å²) in [6.07, 6.45) is 7.15. The molecular weight excluding hydrogens is 246 g/mol. The van der Waals surface area contributed by atoms with Crippen molar-refractivity contribution in [2.24, 2.45) is 11.3 Å². The largest absolute Gasteiger partial charge is 0.297 e. The minimum atomic E-state index is 0.458. The number of nitrogens with zero attached hydrogens (tertiary/aromatic N) is 3. The van der Waals surface area contributed by atoms with Crippen molar-refractivity contribution < 1.29 is 0 Å². The molecule has 0 radical (unpaired) electrons. The van der Waals surface area contributed by atoms with Crippen LogP contribution in [0.5, 0.6) is 0 Å². The molecule has 0 N–H and O–H groups in total. The first kappa shape index (κ1) is 14.0. The SMILES string of the molecule is CC(C)(C)C1CCN(Cc2ccnc(C3CC3)n2)CC1. The van der Waals surface area contributed by atoms with Gasteiger partial charge in [-0.05, 0) is 56.2 Å². The van der Waals surface area contributed by atoms with Gasteiger partial charge >= 0.3 is 0 Å². The van der Waals surface area contributed by atoms with E-state index in [4.69, 9.17) is 4.98 Å². The molecule has 2 heterocycles. The van der Waals surface area contributed by atoms with Gasteiger partial charge in [0.15, 0.2) is 0 Å². The van der Waals surface area contributed by atoms with E-state index in [-0.39, 0.29) is 0 Å². The Hall–Kier alpha value is -0.960. The molecule has 1 aromatic rings. The Labute approximate surface area is 122 Å². The van der Waals surface area contributed by atoms with Crippen LogP contribution in [0.25, 0.3) is 0 Å². The molecule has 20 heavy (non-hydrogen) atoms. The zero-order valence-corrected chi connectivity index (χ0v) is 13.1. The van der Waals surface area contributed by atoms with Crippen molar-refractivity contribution in [3.63, 3.8) is 0 Å². The number of hydrogen-bond acceptors (Lipinski definition) is 3. The molecule has 1 aliphatic carbocycles. The van der Waals surface area contributed by atoms with Crippen molar-refractivity contribution in [1.29, 1.82) is 0 Å². The summed E-state index contributed by atoms with van der Waals surface area (Å²) in [6, 6.07) is 2.09. The van der Waals surface area contributed by atoms with Crippen LogP contribution in [-0.2, 0) is 6.54 Å². The fourth-order valence-corrected chi connectivity index (χ4v) is 3.23. The molecule has 2 fully saturated rings. The number of hydrogen-bond donors (Lipinski definition) is 0. The molecule has 1 aromatic heterocycles. The minimum absolute atomic E-state index is 0.458. The Morgan fingerprint density at radius 2 is 1.85 bits per heavy atom. The first-order chi connectivity index (χ1) is 9.52. The highest BCUT2D eigenvalue weighted by Gasteiger charge is 2.29. The average Bonchev–Trinajstić information content (AvgIpc) is 3.23. The molecule has 0 atom stereocenters. The van der Waals surface area contributed by atoms with Crippen LogP contribution in [0.4, 0.5) is 0 Å². The highest BCUT2D eigenvalue weighted by Crippen LogP contribution is 2.38.